The van der Waals surface area contributed by atoms with Crippen LogP contribution in [-0.2, 0) is 16.2 Å². The Morgan fingerprint density at radius 1 is 1.00 bits per heavy atom. The van der Waals surface area contributed by atoms with Crippen molar-refractivity contribution in [3.8, 4) is 5.75 Å². The molecule has 4 aromatic rings. The van der Waals surface area contributed by atoms with E-state index in [0.717, 1.165) is 43.2 Å². The fourth-order valence-corrected chi connectivity index (χ4v) is 11.4. The minimum absolute atomic E-state index is 0.0137. The standard InChI is InChI=1S/C33H26BrClN2O4S2/c1-15-4-2-3-5-16(15)14-41-23-11-6-17(34)12-20(23)24-25-21-13-22(28(25)42-30-29(24)43-33(40)36-30)27-26(21)31(38)37(32(27)39)19-9-7-18(35)8-10-19/h2-12,21-22,24-28H,13-14H2,1H3,(H,36,40)/t21-,22-,24?,25?,26?,27?,28?/m1/s1. The van der Waals surface area contributed by atoms with E-state index in [-0.39, 0.29) is 57.4 Å². The van der Waals surface area contributed by atoms with E-state index >= 15 is 0 Å². The Balaban J connectivity index is 1.20. The molecule has 0 radical (unpaired) electrons. The Bertz CT molecular complexity index is 1860. The van der Waals surface area contributed by atoms with Gasteiger partial charge in [-0.05, 0) is 84.7 Å². The lowest BCUT2D eigenvalue weighted by Crippen LogP contribution is -2.42. The normalized spacial score (nSPS) is 28.6. The molecular formula is C33H26BrClN2O4S2. The number of anilines is 1. The molecule has 10 heteroatoms. The van der Waals surface area contributed by atoms with Crippen LogP contribution in [0.3, 0.4) is 0 Å². The Hall–Kier alpha value is -2.85. The van der Waals surface area contributed by atoms with Crippen LogP contribution >= 0.6 is 50.6 Å². The van der Waals surface area contributed by atoms with Crippen molar-refractivity contribution < 1.29 is 14.3 Å². The van der Waals surface area contributed by atoms with E-state index in [4.69, 9.17) is 16.3 Å². The second kappa shape index (κ2) is 10.4. The van der Waals surface area contributed by atoms with Gasteiger partial charge < -0.3 is 9.72 Å². The van der Waals surface area contributed by atoms with Gasteiger partial charge in [0.1, 0.15) is 12.4 Å². The first kappa shape index (κ1) is 27.7. The third kappa shape index (κ3) is 4.30. The average molecular weight is 694 g/mol. The predicted octanol–water partition coefficient (Wildman–Crippen LogP) is 7.42. The van der Waals surface area contributed by atoms with Gasteiger partial charge in [-0.15, -0.1) is 11.8 Å². The maximum atomic E-state index is 14.0. The molecule has 7 atom stereocenters. The maximum absolute atomic E-state index is 14.0. The van der Waals surface area contributed by atoms with Gasteiger partial charge in [-0.1, -0.05) is 63.1 Å². The zero-order chi connectivity index (χ0) is 29.6. The van der Waals surface area contributed by atoms with Crippen molar-refractivity contribution in [3.05, 3.63) is 107 Å². The van der Waals surface area contributed by atoms with E-state index in [2.05, 4.69) is 46.0 Å². The molecule has 2 saturated carbocycles. The Kier molecular flexibility index (Phi) is 6.67. The molecule has 6 nitrogen and oxygen atoms in total. The fraction of sp³-hybridized carbons (Fsp3) is 0.303. The van der Waals surface area contributed by atoms with Gasteiger partial charge >= 0.3 is 4.87 Å². The number of nitrogens with zero attached hydrogens (tertiary/aromatic N) is 1. The number of hydrogen-bond acceptors (Lipinski definition) is 6. The lowest BCUT2D eigenvalue weighted by molar-refractivity contribution is -0.123. The van der Waals surface area contributed by atoms with Crippen molar-refractivity contribution in [2.45, 2.75) is 36.1 Å². The first-order valence-electron chi connectivity index (χ1n) is 14.3. The molecule has 8 rings (SSSR count). The van der Waals surface area contributed by atoms with Gasteiger partial charge in [-0.25, -0.2) is 0 Å². The number of carbonyl (C=O) groups is 2. The van der Waals surface area contributed by atoms with Crippen molar-refractivity contribution in [2.75, 3.05) is 4.90 Å². The number of thiazole rings is 1. The summed E-state index contributed by atoms with van der Waals surface area (Å²) in [6.45, 7) is 2.50. The molecule has 3 heterocycles. The van der Waals surface area contributed by atoms with Gasteiger partial charge in [0.05, 0.1) is 22.5 Å². The molecule has 0 spiro atoms. The number of imide groups is 1. The summed E-state index contributed by atoms with van der Waals surface area (Å²) in [5.41, 5.74) is 3.85. The van der Waals surface area contributed by atoms with Gasteiger partial charge in [0.15, 0.2) is 0 Å². The number of nitrogens with one attached hydrogen (secondary N) is 1. The smallest absolute Gasteiger partial charge is 0.305 e. The number of benzene rings is 3. The number of hydrogen-bond donors (Lipinski definition) is 1. The van der Waals surface area contributed by atoms with Gasteiger partial charge in [-0.3, -0.25) is 19.3 Å². The SMILES string of the molecule is Cc1ccccc1COc1ccc(Br)cc1C1c2sc(=O)[nH]c2SC2C1[C@H]1C[C@@H]2C2C(=O)N(c3ccc(Cl)cc3)C(=O)C21. The number of H-pyrrole nitrogens is 1. The maximum Gasteiger partial charge on any atom is 0.305 e. The number of aromatic nitrogens is 1. The van der Waals surface area contributed by atoms with Crippen molar-refractivity contribution in [3.63, 3.8) is 0 Å². The summed E-state index contributed by atoms with van der Waals surface area (Å²) in [4.78, 5) is 46.0. The summed E-state index contributed by atoms with van der Waals surface area (Å²) in [5, 5.41) is 1.53. The summed E-state index contributed by atoms with van der Waals surface area (Å²) >= 11 is 12.7. The number of fused-ring (bicyclic) bond motifs is 9. The van der Waals surface area contributed by atoms with Gasteiger partial charge in [0.25, 0.3) is 0 Å². The van der Waals surface area contributed by atoms with Crippen LogP contribution in [-0.4, -0.2) is 22.0 Å². The number of carbonyl (C=O) groups excluding carboxylic acids is 2. The van der Waals surface area contributed by atoms with Crippen molar-refractivity contribution in [2.24, 2.45) is 29.6 Å². The van der Waals surface area contributed by atoms with E-state index in [0.29, 0.717) is 17.3 Å². The number of ether oxygens (including phenoxy) is 1. The topological polar surface area (TPSA) is 79.5 Å². The molecule has 2 aliphatic carbocycles. The minimum atomic E-state index is -0.377. The second-order valence-electron chi connectivity index (χ2n) is 11.8. The molecule has 43 heavy (non-hydrogen) atoms. The first-order chi connectivity index (χ1) is 20.8. The molecule has 2 bridgehead atoms. The number of rotatable bonds is 5. The fourth-order valence-electron chi connectivity index (χ4n) is 8.03. The van der Waals surface area contributed by atoms with Crippen LogP contribution in [0.15, 0.2) is 81.0 Å². The van der Waals surface area contributed by atoms with Crippen LogP contribution in [0.5, 0.6) is 5.75 Å². The van der Waals surface area contributed by atoms with E-state index in [1.54, 1.807) is 36.0 Å². The third-order valence-corrected chi connectivity index (χ3v) is 13.1. The number of amides is 2. The molecule has 3 aromatic carbocycles. The minimum Gasteiger partial charge on any atom is -0.489 e. The largest absolute Gasteiger partial charge is 0.489 e. The molecule has 3 fully saturated rings. The first-order valence-corrected chi connectivity index (χ1v) is 17.2. The molecule has 2 amide bonds. The molecule has 4 aliphatic rings. The highest BCUT2D eigenvalue weighted by Gasteiger charge is 2.69. The molecule has 1 N–H and O–H groups in total. The molecule has 218 valence electrons. The number of aryl methyl sites for hydroxylation is 1. The molecule has 1 saturated heterocycles. The van der Waals surface area contributed by atoms with Crippen LogP contribution in [0.4, 0.5) is 5.69 Å². The van der Waals surface area contributed by atoms with Crippen LogP contribution in [0.2, 0.25) is 5.02 Å². The summed E-state index contributed by atoms with van der Waals surface area (Å²) < 4.78 is 7.44. The monoisotopic (exact) mass is 692 g/mol. The van der Waals surface area contributed by atoms with Crippen molar-refractivity contribution in [1.82, 2.24) is 4.98 Å². The van der Waals surface area contributed by atoms with Crippen molar-refractivity contribution >= 4 is 68.1 Å². The number of aromatic amines is 1. The molecular weight excluding hydrogens is 668 g/mol. The zero-order valence-electron chi connectivity index (χ0n) is 23.0. The Labute approximate surface area is 269 Å². The second-order valence-corrected chi connectivity index (χ2v) is 15.4. The van der Waals surface area contributed by atoms with Crippen LogP contribution < -0.4 is 14.5 Å². The number of halogens is 2. The quantitative estimate of drug-likeness (QED) is 0.220. The van der Waals surface area contributed by atoms with Crippen molar-refractivity contribution in [1.29, 1.82) is 0 Å². The highest BCUT2D eigenvalue weighted by Crippen LogP contribution is 2.69. The van der Waals surface area contributed by atoms with E-state index < -0.39 is 0 Å². The number of thioether (sulfide) groups is 1. The van der Waals surface area contributed by atoms with Crippen LogP contribution in [0.25, 0.3) is 0 Å². The molecule has 1 aromatic heterocycles. The van der Waals surface area contributed by atoms with Crippen LogP contribution in [0.1, 0.15) is 33.9 Å². The van der Waals surface area contributed by atoms with Gasteiger partial charge in [-0.2, -0.15) is 0 Å². The molecule has 5 unspecified atom stereocenters. The summed E-state index contributed by atoms with van der Waals surface area (Å²) in [5.74, 6) is -0.205. The predicted molar refractivity (Wildman–Crippen MR) is 172 cm³/mol. The van der Waals surface area contributed by atoms with E-state index in [1.807, 2.05) is 24.3 Å². The van der Waals surface area contributed by atoms with Gasteiger partial charge in [0, 0.05) is 31.1 Å². The average Bonchev–Trinajstić information content (AvgIpc) is 3.72. The third-order valence-electron chi connectivity index (χ3n) is 9.76. The van der Waals surface area contributed by atoms with E-state index in [1.165, 1.54) is 16.2 Å². The highest BCUT2D eigenvalue weighted by molar-refractivity contribution is 9.10. The van der Waals surface area contributed by atoms with E-state index in [9.17, 15) is 14.4 Å². The highest BCUT2D eigenvalue weighted by atomic mass is 79.9. The Morgan fingerprint density at radius 2 is 1.74 bits per heavy atom. The lowest BCUT2D eigenvalue weighted by atomic mass is 9.68. The summed E-state index contributed by atoms with van der Waals surface area (Å²) in [6.07, 6.45) is 0.826. The summed E-state index contributed by atoms with van der Waals surface area (Å²) in [7, 11) is 0. The Morgan fingerprint density at radius 3 is 2.51 bits per heavy atom. The zero-order valence-corrected chi connectivity index (χ0v) is 26.9. The lowest BCUT2D eigenvalue weighted by Gasteiger charge is -2.43. The van der Waals surface area contributed by atoms with Crippen LogP contribution in [0, 0.1) is 36.5 Å². The summed E-state index contributed by atoms with van der Waals surface area (Å²) in [6, 6.07) is 21.2. The molecule has 2 aliphatic heterocycles. The van der Waals surface area contributed by atoms with Gasteiger partial charge in [0.2, 0.25) is 11.8 Å².